The first kappa shape index (κ1) is 80.4. The molecule has 0 heterocycles. The Hall–Kier alpha value is -1.59. The molecule has 0 aliphatic rings. The average Bonchev–Trinajstić information content (AvgIpc) is 3.47. The highest BCUT2D eigenvalue weighted by Gasteiger charge is 2.20. The van der Waals surface area contributed by atoms with E-state index < -0.39 is 6.10 Å². The van der Waals surface area contributed by atoms with Gasteiger partial charge in [0.2, 0.25) is 0 Å². The summed E-state index contributed by atoms with van der Waals surface area (Å²) >= 11 is 0. The van der Waals surface area contributed by atoms with Crippen LogP contribution in [-0.4, -0.2) is 37.2 Å². The summed E-state index contributed by atoms with van der Waals surface area (Å²) in [6.45, 7) is 6.76. The van der Waals surface area contributed by atoms with E-state index in [0.29, 0.717) is 19.3 Å². The fourth-order valence-electron chi connectivity index (χ4n) is 12.2. The summed E-state index contributed by atoms with van der Waals surface area (Å²) in [4.78, 5) is 38.6. The maximum atomic E-state index is 13.0. The molecule has 1 atom stereocenters. The lowest BCUT2D eigenvalue weighted by Crippen LogP contribution is -2.30. The van der Waals surface area contributed by atoms with Crippen LogP contribution in [0.2, 0.25) is 0 Å². The van der Waals surface area contributed by atoms with Crippen molar-refractivity contribution in [3.05, 3.63) is 0 Å². The van der Waals surface area contributed by atoms with Gasteiger partial charge < -0.3 is 14.2 Å². The van der Waals surface area contributed by atoms with Gasteiger partial charge in [-0.05, 0) is 19.3 Å². The number of rotatable bonds is 72. The molecule has 0 spiro atoms. The number of hydrogen-bond donors (Lipinski definition) is 0. The minimum absolute atomic E-state index is 0.0597. The van der Waals surface area contributed by atoms with Crippen molar-refractivity contribution in [1.29, 1.82) is 0 Å². The average molecular weight is 1160 g/mol. The number of carbonyl (C=O) groups excluding carboxylic acids is 3. The van der Waals surface area contributed by atoms with Crippen molar-refractivity contribution in [3.8, 4) is 0 Å². The minimum atomic E-state index is -0.764. The molecule has 0 saturated carbocycles. The van der Waals surface area contributed by atoms with Gasteiger partial charge in [0.05, 0.1) is 0 Å². The van der Waals surface area contributed by atoms with E-state index in [-0.39, 0.29) is 31.1 Å². The Balaban J connectivity index is 4.24. The summed E-state index contributed by atoms with van der Waals surface area (Å²) in [5.74, 6) is -0.813. The van der Waals surface area contributed by atoms with Crippen LogP contribution in [0.3, 0.4) is 0 Å². The molecular formula is C76H148O6. The van der Waals surface area contributed by atoms with Crippen molar-refractivity contribution in [2.75, 3.05) is 13.2 Å². The number of hydrogen-bond acceptors (Lipinski definition) is 6. The van der Waals surface area contributed by atoms with Crippen molar-refractivity contribution < 1.29 is 28.6 Å². The molecule has 0 saturated heterocycles. The van der Waals surface area contributed by atoms with Gasteiger partial charge in [0, 0.05) is 19.3 Å². The standard InChI is InChI=1S/C76H148O6/c1-4-7-10-13-16-19-22-25-28-31-34-36-37-38-39-40-43-45-48-51-54-57-60-63-66-69-75(78)81-72-73(71-80-74(77)68-65-62-59-56-53-50-47-44-41-33-30-27-24-21-18-15-12-9-6-3)82-76(79)70-67-64-61-58-55-52-49-46-42-35-32-29-26-23-20-17-14-11-8-5-2/h73H,4-72H2,1-3H3. The number of esters is 3. The third kappa shape index (κ3) is 69.2. The van der Waals surface area contributed by atoms with E-state index in [1.165, 1.54) is 353 Å². The van der Waals surface area contributed by atoms with Crippen LogP contribution in [0.4, 0.5) is 0 Å². The Morgan fingerprint density at radius 3 is 0.488 bits per heavy atom. The van der Waals surface area contributed by atoms with E-state index in [1.807, 2.05) is 0 Å². The van der Waals surface area contributed by atoms with Gasteiger partial charge in [0.25, 0.3) is 0 Å². The molecule has 6 heteroatoms. The molecule has 488 valence electrons. The van der Waals surface area contributed by atoms with E-state index in [2.05, 4.69) is 20.8 Å². The first-order valence-corrected chi connectivity index (χ1v) is 38.0. The van der Waals surface area contributed by atoms with Crippen LogP contribution >= 0.6 is 0 Å². The van der Waals surface area contributed by atoms with Gasteiger partial charge in [-0.1, -0.05) is 412 Å². The summed E-state index contributed by atoms with van der Waals surface area (Å²) in [5.41, 5.74) is 0. The van der Waals surface area contributed by atoms with E-state index in [1.54, 1.807) is 0 Å². The monoisotopic (exact) mass is 1160 g/mol. The zero-order chi connectivity index (χ0) is 59.2. The molecule has 0 amide bonds. The fourth-order valence-corrected chi connectivity index (χ4v) is 12.2. The van der Waals surface area contributed by atoms with Crippen LogP contribution in [-0.2, 0) is 28.6 Å². The lowest BCUT2D eigenvalue weighted by atomic mass is 10.0. The summed E-state index contributed by atoms with van der Waals surface area (Å²) in [7, 11) is 0. The maximum Gasteiger partial charge on any atom is 0.306 e. The highest BCUT2D eigenvalue weighted by Crippen LogP contribution is 2.20. The molecule has 1 unspecified atom stereocenters. The summed E-state index contributed by atoms with van der Waals surface area (Å²) in [6.07, 6.45) is 85.8. The summed E-state index contributed by atoms with van der Waals surface area (Å²) in [5, 5.41) is 0. The normalized spacial score (nSPS) is 11.9. The highest BCUT2D eigenvalue weighted by molar-refractivity contribution is 5.71. The molecule has 0 aromatic rings. The second-order valence-corrected chi connectivity index (χ2v) is 26.3. The van der Waals surface area contributed by atoms with E-state index in [9.17, 15) is 14.4 Å². The molecule has 0 aliphatic heterocycles. The number of ether oxygens (including phenoxy) is 3. The molecule has 6 nitrogen and oxygen atoms in total. The van der Waals surface area contributed by atoms with E-state index >= 15 is 0 Å². The Kier molecular flexibility index (Phi) is 70.5. The first-order valence-electron chi connectivity index (χ1n) is 38.0. The lowest BCUT2D eigenvalue weighted by molar-refractivity contribution is -0.167. The van der Waals surface area contributed by atoms with Crippen LogP contribution in [0.1, 0.15) is 451 Å². The molecule has 0 aromatic carbocycles. The molecule has 0 aliphatic carbocycles. The Labute approximate surface area is 514 Å². The molecule has 0 radical (unpaired) electrons. The molecule has 0 N–H and O–H groups in total. The van der Waals surface area contributed by atoms with Crippen molar-refractivity contribution in [2.45, 2.75) is 457 Å². The van der Waals surface area contributed by atoms with Gasteiger partial charge in [-0.3, -0.25) is 14.4 Å². The van der Waals surface area contributed by atoms with Gasteiger partial charge in [-0.2, -0.15) is 0 Å². The topological polar surface area (TPSA) is 78.9 Å². The molecule has 0 aromatic heterocycles. The molecule has 0 rings (SSSR count). The zero-order valence-electron chi connectivity index (χ0n) is 56.3. The van der Waals surface area contributed by atoms with Crippen molar-refractivity contribution in [3.63, 3.8) is 0 Å². The second-order valence-electron chi connectivity index (χ2n) is 26.3. The Bertz CT molecular complexity index is 1240. The van der Waals surface area contributed by atoms with Crippen LogP contribution in [0.25, 0.3) is 0 Å². The van der Waals surface area contributed by atoms with Gasteiger partial charge >= 0.3 is 17.9 Å². The van der Waals surface area contributed by atoms with Crippen molar-refractivity contribution >= 4 is 17.9 Å². The van der Waals surface area contributed by atoms with Crippen LogP contribution in [0, 0.1) is 0 Å². The van der Waals surface area contributed by atoms with Gasteiger partial charge in [-0.25, -0.2) is 0 Å². The molecule has 0 bridgehead atoms. The first-order chi connectivity index (χ1) is 40.5. The Morgan fingerprint density at radius 1 is 0.195 bits per heavy atom. The smallest absolute Gasteiger partial charge is 0.306 e. The lowest BCUT2D eigenvalue weighted by Gasteiger charge is -2.18. The SMILES string of the molecule is CCCCCCCCCCCCCCCCCCCCCCCCCCCC(=O)OCC(COC(=O)CCCCCCCCCCCCCCCCCCCCC)OC(=O)CCCCCCCCCCCCCCCCCCCCCC. The zero-order valence-corrected chi connectivity index (χ0v) is 56.3. The number of carbonyl (C=O) groups is 3. The largest absolute Gasteiger partial charge is 0.462 e. The molecular weight excluding hydrogens is 1010 g/mol. The quantitative estimate of drug-likeness (QED) is 0.0343. The second kappa shape index (κ2) is 71.9. The molecule has 0 fully saturated rings. The third-order valence-electron chi connectivity index (χ3n) is 17.9. The van der Waals surface area contributed by atoms with Gasteiger partial charge in [-0.15, -0.1) is 0 Å². The van der Waals surface area contributed by atoms with Gasteiger partial charge in [0.15, 0.2) is 6.10 Å². The van der Waals surface area contributed by atoms with Crippen molar-refractivity contribution in [2.24, 2.45) is 0 Å². The minimum Gasteiger partial charge on any atom is -0.462 e. The van der Waals surface area contributed by atoms with Crippen molar-refractivity contribution in [1.82, 2.24) is 0 Å². The van der Waals surface area contributed by atoms with E-state index in [0.717, 1.165) is 57.8 Å². The fraction of sp³-hybridized carbons (Fsp3) is 0.961. The third-order valence-corrected chi connectivity index (χ3v) is 17.9. The number of unbranched alkanes of at least 4 members (excludes halogenated alkanes) is 61. The molecule has 82 heavy (non-hydrogen) atoms. The summed E-state index contributed by atoms with van der Waals surface area (Å²) in [6, 6.07) is 0. The maximum absolute atomic E-state index is 13.0. The summed E-state index contributed by atoms with van der Waals surface area (Å²) < 4.78 is 17.1. The van der Waals surface area contributed by atoms with E-state index in [4.69, 9.17) is 14.2 Å². The predicted octanol–water partition coefficient (Wildman–Crippen LogP) is 26.2. The van der Waals surface area contributed by atoms with Crippen LogP contribution in [0.5, 0.6) is 0 Å². The van der Waals surface area contributed by atoms with Gasteiger partial charge in [0.1, 0.15) is 13.2 Å². The van der Waals surface area contributed by atoms with Crippen LogP contribution < -0.4 is 0 Å². The van der Waals surface area contributed by atoms with Crippen LogP contribution in [0.15, 0.2) is 0 Å². The highest BCUT2D eigenvalue weighted by atomic mass is 16.6. The predicted molar refractivity (Wildman–Crippen MR) is 358 cm³/mol. The Morgan fingerprint density at radius 2 is 0.329 bits per heavy atom.